The van der Waals surface area contributed by atoms with Gasteiger partial charge in [0.2, 0.25) is 0 Å². The number of rotatable bonds is 9. The fourth-order valence-electron chi connectivity index (χ4n) is 4.33. The van der Waals surface area contributed by atoms with E-state index in [0.29, 0.717) is 45.8 Å². The molecule has 37 heavy (non-hydrogen) atoms. The first-order valence-electron chi connectivity index (χ1n) is 11.7. The van der Waals surface area contributed by atoms with E-state index in [1.165, 1.54) is 3.97 Å². The number of aromatic nitrogens is 1. The average molecular weight is 512 g/mol. The van der Waals surface area contributed by atoms with Gasteiger partial charge in [-0.2, -0.15) is 0 Å². The third-order valence-electron chi connectivity index (χ3n) is 6.15. The molecule has 5 aromatic rings. The summed E-state index contributed by atoms with van der Waals surface area (Å²) in [5, 5.41) is 0.694. The van der Waals surface area contributed by atoms with Crippen LogP contribution in [0.2, 0.25) is 0 Å². The number of benzene rings is 4. The van der Waals surface area contributed by atoms with E-state index in [1.807, 2.05) is 42.5 Å². The topological polar surface area (TPSA) is 74.6 Å². The van der Waals surface area contributed by atoms with E-state index in [0.717, 1.165) is 11.8 Å². The summed E-state index contributed by atoms with van der Waals surface area (Å²) in [4.78, 5) is 11.6. The van der Waals surface area contributed by atoms with Gasteiger partial charge in [0.25, 0.3) is 10.0 Å². The van der Waals surface area contributed by atoms with Crippen LogP contribution in [-0.2, 0) is 27.8 Å². The van der Waals surface area contributed by atoms with Crippen LogP contribution in [0.3, 0.4) is 0 Å². The van der Waals surface area contributed by atoms with Crippen LogP contribution in [0.5, 0.6) is 11.5 Å². The molecule has 186 valence electrons. The first-order valence-corrected chi connectivity index (χ1v) is 13.2. The minimum atomic E-state index is -3.97. The Morgan fingerprint density at radius 2 is 1.51 bits per heavy atom. The van der Waals surface area contributed by atoms with Gasteiger partial charge in [-0.15, -0.1) is 0 Å². The van der Waals surface area contributed by atoms with E-state index in [4.69, 9.17) is 9.47 Å². The predicted octanol–water partition coefficient (Wildman–Crippen LogP) is 5.87. The summed E-state index contributed by atoms with van der Waals surface area (Å²) in [5.41, 5.74) is 3.28. The zero-order valence-corrected chi connectivity index (χ0v) is 21.0. The summed E-state index contributed by atoms with van der Waals surface area (Å²) in [7, 11) is -2.43. The molecule has 0 atom stereocenters. The van der Waals surface area contributed by atoms with Crippen molar-refractivity contribution in [1.29, 1.82) is 0 Å². The number of methoxy groups -OCH3 is 1. The number of carbonyl (C=O) groups is 1. The maximum atomic E-state index is 14.0. The molecule has 0 N–H and O–H groups in total. The Morgan fingerprint density at radius 1 is 0.811 bits per heavy atom. The maximum absolute atomic E-state index is 14.0. The zero-order chi connectivity index (χ0) is 25.8. The van der Waals surface area contributed by atoms with Crippen LogP contribution >= 0.6 is 0 Å². The van der Waals surface area contributed by atoms with E-state index in [1.54, 1.807) is 67.8 Å². The lowest BCUT2D eigenvalue weighted by Crippen LogP contribution is -2.14. The van der Waals surface area contributed by atoms with Crippen LogP contribution in [0.1, 0.15) is 11.1 Å². The quantitative estimate of drug-likeness (QED) is 0.231. The Morgan fingerprint density at radius 3 is 2.22 bits per heavy atom. The van der Waals surface area contributed by atoms with E-state index in [9.17, 15) is 13.2 Å². The molecular weight excluding hydrogens is 486 g/mol. The Bertz CT molecular complexity index is 1660. The second kappa shape index (κ2) is 10.3. The van der Waals surface area contributed by atoms with Crippen molar-refractivity contribution in [2.24, 2.45) is 0 Å². The van der Waals surface area contributed by atoms with Crippen molar-refractivity contribution in [3.05, 3.63) is 114 Å². The van der Waals surface area contributed by atoms with Crippen molar-refractivity contribution in [3.63, 3.8) is 0 Å². The van der Waals surface area contributed by atoms with Gasteiger partial charge in [-0.05, 0) is 59.7 Å². The molecule has 0 spiro atoms. The second-order valence-corrected chi connectivity index (χ2v) is 10.3. The molecule has 5 rings (SSSR count). The molecule has 0 fully saturated rings. The monoisotopic (exact) mass is 511 g/mol. The van der Waals surface area contributed by atoms with Gasteiger partial charge < -0.3 is 14.3 Å². The molecule has 6 nitrogen and oxygen atoms in total. The highest BCUT2D eigenvalue weighted by atomic mass is 32.2. The Hall–Kier alpha value is -4.36. The van der Waals surface area contributed by atoms with Crippen molar-refractivity contribution in [2.75, 3.05) is 7.11 Å². The van der Waals surface area contributed by atoms with Gasteiger partial charge in [-0.25, -0.2) is 12.4 Å². The van der Waals surface area contributed by atoms with E-state index >= 15 is 0 Å². The fourth-order valence-corrected chi connectivity index (χ4v) is 5.88. The van der Waals surface area contributed by atoms with E-state index in [2.05, 4.69) is 0 Å². The molecule has 0 radical (unpaired) electrons. The number of hydrogen-bond acceptors (Lipinski definition) is 5. The normalized spacial score (nSPS) is 11.4. The molecule has 0 aliphatic heterocycles. The maximum Gasteiger partial charge on any atom is 0.268 e. The predicted molar refractivity (Wildman–Crippen MR) is 143 cm³/mol. The lowest BCUT2D eigenvalue weighted by molar-refractivity contribution is -0.107. The lowest BCUT2D eigenvalue weighted by atomic mass is 10.0. The summed E-state index contributed by atoms with van der Waals surface area (Å²) >= 11 is 0. The van der Waals surface area contributed by atoms with Crippen LogP contribution in [-0.4, -0.2) is 25.8 Å². The van der Waals surface area contributed by atoms with Gasteiger partial charge in [-0.1, -0.05) is 54.6 Å². The van der Waals surface area contributed by atoms with Gasteiger partial charge in [0, 0.05) is 17.4 Å². The van der Waals surface area contributed by atoms with Crippen molar-refractivity contribution >= 4 is 27.2 Å². The third kappa shape index (κ3) is 4.86. The van der Waals surface area contributed by atoms with Crippen LogP contribution in [0, 0.1) is 0 Å². The molecule has 0 bridgehead atoms. The van der Waals surface area contributed by atoms with Crippen LogP contribution in [0.15, 0.2) is 108 Å². The molecule has 1 aromatic heterocycles. The molecule has 0 saturated carbocycles. The van der Waals surface area contributed by atoms with Gasteiger partial charge in [0.15, 0.2) is 0 Å². The van der Waals surface area contributed by atoms with Crippen molar-refractivity contribution in [2.45, 2.75) is 17.9 Å². The highest BCUT2D eigenvalue weighted by Gasteiger charge is 2.25. The van der Waals surface area contributed by atoms with Gasteiger partial charge in [0.1, 0.15) is 24.4 Å². The summed E-state index contributed by atoms with van der Waals surface area (Å²) < 4.78 is 40.7. The number of ether oxygens (including phenoxy) is 2. The van der Waals surface area contributed by atoms with Crippen molar-refractivity contribution in [3.8, 4) is 22.8 Å². The third-order valence-corrected chi connectivity index (χ3v) is 7.90. The Balaban J connectivity index is 1.70. The number of aldehydes is 1. The minimum absolute atomic E-state index is 0.137. The van der Waals surface area contributed by atoms with Gasteiger partial charge >= 0.3 is 0 Å². The summed E-state index contributed by atoms with van der Waals surface area (Å²) in [6, 6.07) is 30.6. The largest absolute Gasteiger partial charge is 0.497 e. The molecule has 4 aromatic carbocycles. The highest BCUT2D eigenvalue weighted by Crippen LogP contribution is 2.37. The summed E-state index contributed by atoms with van der Waals surface area (Å²) in [6.07, 6.45) is 0.942. The van der Waals surface area contributed by atoms with E-state index in [-0.39, 0.29) is 11.3 Å². The lowest BCUT2D eigenvalue weighted by Gasteiger charge is -2.15. The van der Waals surface area contributed by atoms with Crippen LogP contribution < -0.4 is 9.47 Å². The molecular formula is C30H25NO5S. The van der Waals surface area contributed by atoms with E-state index < -0.39 is 10.0 Å². The van der Waals surface area contributed by atoms with Crippen molar-refractivity contribution in [1.82, 2.24) is 3.97 Å². The molecule has 0 saturated heterocycles. The SMILES string of the molecule is COc1ccc(CC=O)c(-c2cc3cc(OCc4ccccc4)ccc3n2S(=O)(=O)c2ccccc2)c1. The molecule has 1 heterocycles. The Labute approximate surface area is 215 Å². The zero-order valence-electron chi connectivity index (χ0n) is 20.2. The first-order chi connectivity index (χ1) is 18.0. The van der Waals surface area contributed by atoms with Crippen LogP contribution in [0.25, 0.3) is 22.2 Å². The number of carbonyl (C=O) groups excluding carboxylic acids is 1. The smallest absolute Gasteiger partial charge is 0.268 e. The number of nitrogens with zero attached hydrogens (tertiary/aromatic N) is 1. The number of fused-ring (bicyclic) bond motifs is 1. The highest BCUT2D eigenvalue weighted by molar-refractivity contribution is 7.90. The second-order valence-electron chi connectivity index (χ2n) is 8.50. The fraction of sp³-hybridized carbons (Fsp3) is 0.100. The molecule has 0 amide bonds. The summed E-state index contributed by atoms with van der Waals surface area (Å²) in [5.74, 6) is 1.18. The first kappa shape index (κ1) is 24.3. The number of hydrogen-bond donors (Lipinski definition) is 0. The average Bonchev–Trinajstić information content (AvgIpc) is 3.33. The Kier molecular flexibility index (Phi) is 6.79. The molecule has 0 unspecified atom stereocenters. The minimum Gasteiger partial charge on any atom is -0.497 e. The van der Waals surface area contributed by atoms with Gasteiger partial charge in [0.05, 0.1) is 23.2 Å². The molecule has 7 heteroatoms. The van der Waals surface area contributed by atoms with Gasteiger partial charge in [-0.3, -0.25) is 0 Å². The molecule has 0 aliphatic rings. The van der Waals surface area contributed by atoms with Crippen LogP contribution in [0.4, 0.5) is 0 Å². The standard InChI is InChI=1S/C30H25NO5S/c1-35-25-13-12-23(16-17-32)28(20-25)30-19-24-18-26(36-21-22-8-4-2-5-9-22)14-15-29(24)31(30)37(33,34)27-10-6-3-7-11-27/h2-15,17-20H,16,21H2,1H3. The molecule has 0 aliphatic carbocycles. The summed E-state index contributed by atoms with van der Waals surface area (Å²) in [6.45, 7) is 0.390. The van der Waals surface area contributed by atoms with Crippen molar-refractivity contribution < 1.29 is 22.7 Å².